The van der Waals surface area contributed by atoms with Gasteiger partial charge >= 0.3 is 0 Å². The van der Waals surface area contributed by atoms with Crippen molar-refractivity contribution in [1.29, 1.82) is 0 Å². The van der Waals surface area contributed by atoms with E-state index < -0.39 is 0 Å². The maximum Gasteiger partial charge on any atom is 0.0665 e. The van der Waals surface area contributed by atoms with E-state index in [1.165, 1.54) is 101 Å². The molecule has 1 rings (SSSR count). The van der Waals surface area contributed by atoms with Gasteiger partial charge in [0, 0.05) is 0 Å². The number of unbranched alkanes of at least 4 members (excludes halogenated alkanes) is 9. The van der Waals surface area contributed by atoms with E-state index in [-0.39, 0.29) is 0 Å². The van der Waals surface area contributed by atoms with Crippen LogP contribution in [0.15, 0.2) is 6.20 Å². The molecular formula is C22H40N2. The molecule has 0 bridgehead atoms. The molecule has 0 aromatic carbocycles. The van der Waals surface area contributed by atoms with Gasteiger partial charge in [0.05, 0.1) is 11.9 Å². The Labute approximate surface area is 150 Å². The summed E-state index contributed by atoms with van der Waals surface area (Å²) in [6.07, 6.45) is 21.5. The summed E-state index contributed by atoms with van der Waals surface area (Å²) in [6.45, 7) is 6.84. The average Bonchev–Trinajstić information content (AvgIpc) is 2.60. The SMILES string of the molecule is CCCCCCc1cnnc(CCCCCC)c1CCCCCC. The molecule has 0 aliphatic carbocycles. The third kappa shape index (κ3) is 8.80. The van der Waals surface area contributed by atoms with Crippen LogP contribution in [0.5, 0.6) is 0 Å². The monoisotopic (exact) mass is 332 g/mol. The van der Waals surface area contributed by atoms with E-state index in [1.807, 2.05) is 0 Å². The first-order valence-corrected chi connectivity index (χ1v) is 10.7. The number of hydrogen-bond donors (Lipinski definition) is 0. The van der Waals surface area contributed by atoms with Crippen molar-refractivity contribution in [3.63, 3.8) is 0 Å². The number of aryl methyl sites for hydroxylation is 2. The molecule has 0 saturated heterocycles. The lowest BCUT2D eigenvalue weighted by molar-refractivity contribution is 0.626. The van der Waals surface area contributed by atoms with Crippen molar-refractivity contribution in [1.82, 2.24) is 10.2 Å². The summed E-state index contributed by atoms with van der Waals surface area (Å²) in [5.74, 6) is 0. The zero-order valence-corrected chi connectivity index (χ0v) is 16.6. The Morgan fingerprint density at radius 2 is 1.17 bits per heavy atom. The van der Waals surface area contributed by atoms with Crippen molar-refractivity contribution in [3.05, 3.63) is 23.0 Å². The van der Waals surface area contributed by atoms with Crippen LogP contribution < -0.4 is 0 Å². The van der Waals surface area contributed by atoms with E-state index in [2.05, 4.69) is 37.2 Å². The fourth-order valence-electron chi connectivity index (χ4n) is 3.40. The molecule has 0 aliphatic rings. The summed E-state index contributed by atoms with van der Waals surface area (Å²) in [6, 6.07) is 0. The predicted octanol–water partition coefficient (Wildman–Crippen LogP) is 6.85. The number of aromatic nitrogens is 2. The second-order valence-electron chi connectivity index (χ2n) is 7.23. The first-order chi connectivity index (χ1) is 11.8. The number of hydrogen-bond acceptors (Lipinski definition) is 2. The lowest BCUT2D eigenvalue weighted by atomic mass is 9.95. The van der Waals surface area contributed by atoms with Crippen molar-refractivity contribution < 1.29 is 0 Å². The van der Waals surface area contributed by atoms with Crippen LogP contribution in [0.25, 0.3) is 0 Å². The Balaban J connectivity index is 2.67. The smallest absolute Gasteiger partial charge is 0.0665 e. The van der Waals surface area contributed by atoms with Crippen LogP contribution in [0.2, 0.25) is 0 Å². The van der Waals surface area contributed by atoms with E-state index in [1.54, 1.807) is 5.56 Å². The van der Waals surface area contributed by atoms with Gasteiger partial charge in [-0.1, -0.05) is 78.6 Å². The summed E-state index contributed by atoms with van der Waals surface area (Å²) >= 11 is 0. The van der Waals surface area contributed by atoms with Crippen LogP contribution in [0, 0.1) is 0 Å². The van der Waals surface area contributed by atoms with Crippen LogP contribution in [0.1, 0.15) is 115 Å². The molecule has 0 saturated carbocycles. The fourth-order valence-corrected chi connectivity index (χ4v) is 3.40. The van der Waals surface area contributed by atoms with E-state index in [9.17, 15) is 0 Å². The van der Waals surface area contributed by atoms with Crippen LogP contribution in [0.4, 0.5) is 0 Å². The molecule has 2 nitrogen and oxygen atoms in total. The lowest BCUT2D eigenvalue weighted by Gasteiger charge is -2.13. The lowest BCUT2D eigenvalue weighted by Crippen LogP contribution is -2.06. The minimum absolute atomic E-state index is 1.12. The highest BCUT2D eigenvalue weighted by Crippen LogP contribution is 2.20. The van der Waals surface area contributed by atoms with Crippen molar-refractivity contribution in [3.8, 4) is 0 Å². The van der Waals surface area contributed by atoms with Crippen molar-refractivity contribution in [2.45, 2.75) is 117 Å². The first-order valence-electron chi connectivity index (χ1n) is 10.7. The summed E-state index contributed by atoms with van der Waals surface area (Å²) in [7, 11) is 0. The van der Waals surface area contributed by atoms with Crippen LogP contribution in [-0.2, 0) is 19.3 Å². The Kier molecular flexibility index (Phi) is 12.7. The molecule has 2 heteroatoms. The molecule has 138 valence electrons. The van der Waals surface area contributed by atoms with Gasteiger partial charge in [-0.15, -0.1) is 0 Å². The van der Waals surface area contributed by atoms with Crippen LogP contribution >= 0.6 is 0 Å². The minimum atomic E-state index is 1.12. The second kappa shape index (κ2) is 14.4. The Morgan fingerprint density at radius 1 is 0.625 bits per heavy atom. The van der Waals surface area contributed by atoms with Gasteiger partial charge in [0.1, 0.15) is 0 Å². The maximum atomic E-state index is 4.53. The van der Waals surface area contributed by atoms with Gasteiger partial charge in [-0.25, -0.2) is 0 Å². The largest absolute Gasteiger partial charge is 0.159 e. The van der Waals surface area contributed by atoms with E-state index in [0.717, 1.165) is 6.42 Å². The van der Waals surface area contributed by atoms with Crippen LogP contribution in [-0.4, -0.2) is 10.2 Å². The number of rotatable bonds is 15. The highest BCUT2D eigenvalue weighted by atomic mass is 15.1. The predicted molar refractivity (Wildman–Crippen MR) is 106 cm³/mol. The molecule has 24 heavy (non-hydrogen) atoms. The van der Waals surface area contributed by atoms with Gasteiger partial charge in [0.25, 0.3) is 0 Å². The van der Waals surface area contributed by atoms with Gasteiger partial charge in [-0.05, 0) is 49.7 Å². The van der Waals surface area contributed by atoms with Gasteiger partial charge in [0.15, 0.2) is 0 Å². The molecule has 0 fully saturated rings. The zero-order valence-electron chi connectivity index (χ0n) is 16.6. The van der Waals surface area contributed by atoms with Crippen molar-refractivity contribution >= 4 is 0 Å². The quantitative estimate of drug-likeness (QED) is 0.328. The van der Waals surface area contributed by atoms with Gasteiger partial charge in [-0.3, -0.25) is 0 Å². The summed E-state index contributed by atoms with van der Waals surface area (Å²) < 4.78 is 0. The first kappa shape index (κ1) is 21.1. The molecule has 0 atom stereocenters. The Bertz CT molecular complexity index is 384. The minimum Gasteiger partial charge on any atom is -0.159 e. The fraction of sp³-hybridized carbons (Fsp3) is 0.818. The topological polar surface area (TPSA) is 25.8 Å². The molecular weight excluding hydrogens is 292 g/mol. The Morgan fingerprint density at radius 3 is 1.75 bits per heavy atom. The molecule has 1 heterocycles. The van der Waals surface area contributed by atoms with Gasteiger partial charge < -0.3 is 0 Å². The summed E-state index contributed by atoms with van der Waals surface area (Å²) in [4.78, 5) is 0. The maximum absolute atomic E-state index is 4.53. The molecule has 1 aromatic heterocycles. The normalized spacial score (nSPS) is 11.1. The molecule has 0 unspecified atom stereocenters. The van der Waals surface area contributed by atoms with Crippen molar-refractivity contribution in [2.24, 2.45) is 0 Å². The molecule has 0 N–H and O–H groups in total. The van der Waals surface area contributed by atoms with Crippen molar-refractivity contribution in [2.75, 3.05) is 0 Å². The van der Waals surface area contributed by atoms with E-state index in [4.69, 9.17) is 0 Å². The zero-order chi connectivity index (χ0) is 17.5. The summed E-state index contributed by atoms with van der Waals surface area (Å²) in [5.41, 5.74) is 4.34. The molecule has 0 amide bonds. The third-order valence-electron chi connectivity index (χ3n) is 4.98. The molecule has 0 radical (unpaired) electrons. The number of nitrogens with zero attached hydrogens (tertiary/aromatic N) is 2. The standard InChI is InChI=1S/C22H40N2/c1-4-7-10-13-16-20-19-23-24-22(18-15-12-9-6-3)21(20)17-14-11-8-5-2/h19H,4-18H2,1-3H3. The highest BCUT2D eigenvalue weighted by molar-refractivity contribution is 5.28. The molecule has 1 aromatic rings. The second-order valence-corrected chi connectivity index (χ2v) is 7.23. The molecule has 0 spiro atoms. The molecule has 0 aliphatic heterocycles. The highest BCUT2D eigenvalue weighted by Gasteiger charge is 2.11. The van der Waals surface area contributed by atoms with Crippen LogP contribution in [0.3, 0.4) is 0 Å². The van der Waals surface area contributed by atoms with Gasteiger partial charge in [-0.2, -0.15) is 10.2 Å². The summed E-state index contributed by atoms with van der Waals surface area (Å²) in [5, 5.41) is 8.87. The van der Waals surface area contributed by atoms with Gasteiger partial charge in [0.2, 0.25) is 0 Å². The van der Waals surface area contributed by atoms with E-state index >= 15 is 0 Å². The Hall–Kier alpha value is -0.920. The average molecular weight is 333 g/mol. The third-order valence-corrected chi connectivity index (χ3v) is 4.98. The van der Waals surface area contributed by atoms with E-state index in [0.29, 0.717) is 0 Å².